The number of anilines is 1. The van der Waals surface area contributed by atoms with Gasteiger partial charge in [0.2, 0.25) is 0 Å². The van der Waals surface area contributed by atoms with Crippen molar-refractivity contribution in [1.82, 2.24) is 9.88 Å². The van der Waals surface area contributed by atoms with Gasteiger partial charge in [0.25, 0.3) is 0 Å². The fraction of sp³-hybridized carbons (Fsp3) is 0.556. The van der Waals surface area contributed by atoms with Crippen molar-refractivity contribution in [3.63, 3.8) is 0 Å². The molecule has 0 spiro atoms. The van der Waals surface area contributed by atoms with Crippen LogP contribution >= 0.6 is 0 Å². The minimum absolute atomic E-state index is 0.103. The molecule has 172 valence electrons. The summed E-state index contributed by atoms with van der Waals surface area (Å²) in [5, 5.41) is 13.5. The highest BCUT2D eigenvalue weighted by Crippen LogP contribution is 2.39. The van der Waals surface area contributed by atoms with Gasteiger partial charge < -0.3 is 15.3 Å². The van der Waals surface area contributed by atoms with E-state index in [-0.39, 0.29) is 17.8 Å². The van der Waals surface area contributed by atoms with Gasteiger partial charge in [-0.15, -0.1) is 0 Å². The lowest BCUT2D eigenvalue weighted by Gasteiger charge is -2.40. The van der Waals surface area contributed by atoms with Crippen molar-refractivity contribution in [1.29, 1.82) is 0 Å². The molecule has 1 heterocycles. The number of hydrogen-bond acceptors (Lipinski definition) is 3. The predicted octanol–water partition coefficient (Wildman–Crippen LogP) is 6.58. The number of hydrogen-bond donors (Lipinski definition) is 2. The monoisotopic (exact) mass is 435 g/mol. The maximum atomic E-state index is 13.5. The van der Waals surface area contributed by atoms with Crippen LogP contribution in [0.5, 0.6) is 5.75 Å². The zero-order chi connectivity index (χ0) is 22.5. The fourth-order valence-corrected chi connectivity index (χ4v) is 5.76. The molecule has 0 radical (unpaired) electrons. The number of aryl methyl sites for hydroxylation is 2. The number of pyridine rings is 1. The summed E-state index contributed by atoms with van der Waals surface area (Å²) in [6.07, 6.45) is 13.0. The molecular weight excluding hydrogens is 398 g/mol. The quantitative estimate of drug-likeness (QED) is 0.558. The Bertz CT molecular complexity index is 895. The van der Waals surface area contributed by atoms with Crippen LogP contribution in [-0.2, 0) is 6.54 Å². The lowest BCUT2D eigenvalue weighted by Crippen LogP contribution is -2.45. The van der Waals surface area contributed by atoms with Crippen LogP contribution in [0.25, 0.3) is 0 Å². The van der Waals surface area contributed by atoms with E-state index >= 15 is 0 Å². The number of urea groups is 1. The lowest BCUT2D eigenvalue weighted by atomic mass is 9.72. The van der Waals surface area contributed by atoms with Gasteiger partial charge in [0, 0.05) is 17.9 Å². The molecule has 0 atom stereocenters. The van der Waals surface area contributed by atoms with Gasteiger partial charge in [-0.2, -0.15) is 0 Å². The second-order valence-corrected chi connectivity index (χ2v) is 9.76. The van der Waals surface area contributed by atoms with Gasteiger partial charge >= 0.3 is 6.03 Å². The summed E-state index contributed by atoms with van der Waals surface area (Å²) in [7, 11) is 0. The Morgan fingerprint density at radius 1 is 0.969 bits per heavy atom. The molecule has 1 aromatic heterocycles. The Morgan fingerprint density at radius 2 is 1.62 bits per heavy atom. The molecule has 5 nitrogen and oxygen atoms in total. The van der Waals surface area contributed by atoms with Gasteiger partial charge in [-0.05, 0) is 74.6 Å². The SMILES string of the molecule is Cc1cccc(C)c1NC(=O)N(Cc1ncccc1O)C1CCC(C2CCCCC2)CC1. The van der Waals surface area contributed by atoms with Gasteiger partial charge in [0.1, 0.15) is 11.4 Å². The average Bonchev–Trinajstić information content (AvgIpc) is 2.82. The first-order chi connectivity index (χ1) is 15.5. The number of carbonyl (C=O) groups excluding carboxylic acids is 1. The Hall–Kier alpha value is -2.56. The number of aromatic nitrogens is 1. The van der Waals surface area contributed by atoms with Crippen LogP contribution in [0.3, 0.4) is 0 Å². The average molecular weight is 436 g/mol. The third-order valence-electron chi connectivity index (χ3n) is 7.66. The Labute approximate surface area is 192 Å². The molecule has 4 rings (SSSR count). The van der Waals surface area contributed by atoms with E-state index in [2.05, 4.69) is 10.3 Å². The molecule has 2 saturated carbocycles. The molecule has 0 aliphatic heterocycles. The zero-order valence-corrected chi connectivity index (χ0v) is 19.5. The highest BCUT2D eigenvalue weighted by molar-refractivity contribution is 5.91. The largest absolute Gasteiger partial charge is 0.506 e. The van der Waals surface area contributed by atoms with E-state index in [0.717, 1.165) is 41.5 Å². The van der Waals surface area contributed by atoms with Gasteiger partial charge in [-0.3, -0.25) is 4.98 Å². The Morgan fingerprint density at radius 3 is 2.28 bits per heavy atom. The van der Waals surface area contributed by atoms with Crippen LogP contribution in [0.15, 0.2) is 36.5 Å². The zero-order valence-electron chi connectivity index (χ0n) is 19.5. The smallest absolute Gasteiger partial charge is 0.322 e. The van der Waals surface area contributed by atoms with Gasteiger partial charge in [-0.25, -0.2) is 4.79 Å². The minimum Gasteiger partial charge on any atom is -0.506 e. The van der Waals surface area contributed by atoms with Crippen molar-refractivity contribution >= 4 is 11.7 Å². The van der Waals surface area contributed by atoms with E-state index < -0.39 is 0 Å². The molecule has 1 aromatic carbocycles. The molecule has 2 aliphatic rings. The molecule has 2 aromatic rings. The number of aromatic hydroxyl groups is 1. The number of amides is 2. The molecule has 5 heteroatoms. The standard InChI is InChI=1S/C27H37N3O2/c1-19-8-6-9-20(2)26(19)29-27(32)30(18-24-25(31)12-7-17-28-24)23-15-13-22(14-16-23)21-10-4-3-5-11-21/h6-9,12,17,21-23,31H,3-5,10-11,13-16,18H2,1-2H3,(H,29,32). The van der Waals surface area contributed by atoms with Crippen molar-refractivity contribution in [2.24, 2.45) is 11.8 Å². The summed E-state index contributed by atoms with van der Waals surface area (Å²) >= 11 is 0. The fourth-order valence-electron chi connectivity index (χ4n) is 5.76. The number of benzene rings is 1. The van der Waals surface area contributed by atoms with Crippen molar-refractivity contribution < 1.29 is 9.90 Å². The number of nitrogens with zero attached hydrogens (tertiary/aromatic N) is 2. The van der Waals surface area contributed by atoms with Crippen LogP contribution in [0, 0.1) is 25.7 Å². The van der Waals surface area contributed by atoms with Crippen LogP contribution < -0.4 is 5.32 Å². The summed E-state index contributed by atoms with van der Waals surface area (Å²) < 4.78 is 0. The number of para-hydroxylation sites is 1. The van der Waals surface area contributed by atoms with E-state index in [1.165, 1.54) is 44.9 Å². The van der Waals surface area contributed by atoms with Crippen molar-refractivity contribution in [3.05, 3.63) is 53.3 Å². The van der Waals surface area contributed by atoms with Gasteiger partial charge in [-0.1, -0.05) is 50.3 Å². The van der Waals surface area contributed by atoms with Crippen LogP contribution in [-0.4, -0.2) is 27.1 Å². The summed E-state index contributed by atoms with van der Waals surface area (Å²) in [4.78, 5) is 19.8. The second kappa shape index (κ2) is 10.4. The molecule has 0 unspecified atom stereocenters. The first-order valence-electron chi connectivity index (χ1n) is 12.3. The van der Waals surface area contributed by atoms with E-state index in [1.54, 1.807) is 18.3 Å². The van der Waals surface area contributed by atoms with Crippen molar-refractivity contribution in [3.8, 4) is 5.75 Å². The maximum Gasteiger partial charge on any atom is 0.322 e. The molecule has 2 aliphatic carbocycles. The summed E-state index contributed by atoms with van der Waals surface area (Å²) in [5.41, 5.74) is 3.54. The van der Waals surface area contributed by atoms with E-state index in [9.17, 15) is 9.90 Å². The summed E-state index contributed by atoms with van der Waals surface area (Å²) in [6.45, 7) is 4.36. The van der Waals surface area contributed by atoms with E-state index in [1.807, 2.05) is 36.9 Å². The molecule has 0 saturated heterocycles. The van der Waals surface area contributed by atoms with Gasteiger partial charge in [0.15, 0.2) is 0 Å². The highest BCUT2D eigenvalue weighted by Gasteiger charge is 2.33. The normalized spacial score (nSPS) is 21.8. The number of carbonyl (C=O) groups is 1. The molecule has 0 bridgehead atoms. The van der Waals surface area contributed by atoms with Crippen molar-refractivity contribution in [2.75, 3.05) is 5.32 Å². The second-order valence-electron chi connectivity index (χ2n) is 9.76. The van der Waals surface area contributed by atoms with Crippen LogP contribution in [0.4, 0.5) is 10.5 Å². The van der Waals surface area contributed by atoms with Crippen molar-refractivity contribution in [2.45, 2.75) is 84.2 Å². The highest BCUT2D eigenvalue weighted by atomic mass is 16.3. The molecular formula is C27H37N3O2. The molecule has 2 fully saturated rings. The number of rotatable bonds is 5. The topological polar surface area (TPSA) is 65.5 Å². The predicted molar refractivity (Wildman–Crippen MR) is 129 cm³/mol. The van der Waals surface area contributed by atoms with E-state index in [0.29, 0.717) is 12.2 Å². The molecule has 2 N–H and O–H groups in total. The minimum atomic E-state index is -0.103. The maximum absolute atomic E-state index is 13.5. The number of nitrogens with one attached hydrogen (secondary N) is 1. The Kier molecular flexibility index (Phi) is 7.33. The lowest BCUT2D eigenvalue weighted by molar-refractivity contribution is 0.119. The third kappa shape index (κ3) is 5.25. The molecule has 32 heavy (non-hydrogen) atoms. The van der Waals surface area contributed by atoms with Gasteiger partial charge in [0.05, 0.1) is 6.54 Å². The molecule has 2 amide bonds. The summed E-state index contributed by atoms with van der Waals surface area (Å²) in [6, 6.07) is 9.48. The van der Waals surface area contributed by atoms with E-state index in [4.69, 9.17) is 0 Å². The summed E-state index contributed by atoms with van der Waals surface area (Å²) in [5.74, 6) is 1.83. The Balaban J connectivity index is 1.50. The van der Waals surface area contributed by atoms with Crippen LogP contribution in [0.1, 0.15) is 74.6 Å². The van der Waals surface area contributed by atoms with Crippen LogP contribution in [0.2, 0.25) is 0 Å². The third-order valence-corrected chi connectivity index (χ3v) is 7.66. The first kappa shape index (κ1) is 22.6. The first-order valence-corrected chi connectivity index (χ1v) is 12.3.